The van der Waals surface area contributed by atoms with Crippen LogP contribution in [-0.2, 0) is 4.79 Å². The van der Waals surface area contributed by atoms with E-state index in [0.717, 1.165) is 6.42 Å². The monoisotopic (exact) mass is 633 g/mol. The summed E-state index contributed by atoms with van der Waals surface area (Å²) in [6.07, 6.45) is 1.02. The summed E-state index contributed by atoms with van der Waals surface area (Å²) in [7, 11) is 0. The molecule has 46 heavy (non-hydrogen) atoms. The van der Waals surface area contributed by atoms with Gasteiger partial charge in [-0.25, -0.2) is 4.79 Å². The Morgan fingerprint density at radius 3 is 1.67 bits per heavy atom. The quantitative estimate of drug-likeness (QED) is 0.137. The van der Waals surface area contributed by atoms with Gasteiger partial charge in [0.25, 0.3) is 11.8 Å². The molecule has 0 radical (unpaired) electrons. The molecule has 0 saturated heterocycles. The third-order valence-electron chi connectivity index (χ3n) is 6.74. The van der Waals surface area contributed by atoms with E-state index in [9.17, 15) is 24.3 Å². The van der Waals surface area contributed by atoms with Gasteiger partial charge in [-0.15, -0.1) is 0 Å². The molecule has 0 spiro atoms. The highest BCUT2D eigenvalue weighted by molar-refractivity contribution is 6.08. The summed E-state index contributed by atoms with van der Waals surface area (Å²) in [5.41, 5.74) is 1.69. The number of hydrogen-bond acceptors (Lipinski definition) is 7. The van der Waals surface area contributed by atoms with Gasteiger partial charge in [-0.05, 0) is 94.1 Å². The van der Waals surface area contributed by atoms with Crippen molar-refractivity contribution in [2.24, 2.45) is 5.92 Å². The molecular weight excluding hydrogens is 590 g/mol. The minimum Gasteiger partial charge on any atom is -0.491 e. The number of carbonyl (C=O) groups excluding carboxylic acids is 3. The van der Waals surface area contributed by atoms with Crippen molar-refractivity contribution in [2.75, 3.05) is 22.6 Å². The maximum Gasteiger partial charge on any atom is 0.335 e. The fourth-order valence-electron chi connectivity index (χ4n) is 4.14. The Hall–Kier alpha value is -5.06. The molecule has 0 aliphatic rings. The van der Waals surface area contributed by atoms with E-state index in [2.05, 4.69) is 29.8 Å². The van der Waals surface area contributed by atoms with Crippen LogP contribution in [0.2, 0.25) is 0 Å². The molecular formula is C35H43N3O8. The van der Waals surface area contributed by atoms with Gasteiger partial charge in [0.2, 0.25) is 5.91 Å². The van der Waals surface area contributed by atoms with Crippen molar-refractivity contribution in [3.05, 3.63) is 71.3 Å². The molecule has 3 rings (SSSR count). The van der Waals surface area contributed by atoms with Crippen LogP contribution in [0.4, 0.5) is 17.1 Å². The molecule has 0 bridgehead atoms. The Balaban J connectivity index is 1.91. The van der Waals surface area contributed by atoms with Crippen LogP contribution >= 0.6 is 0 Å². The number of carboxylic acid groups (broad SMARTS) is 1. The first-order valence-corrected chi connectivity index (χ1v) is 15.3. The van der Waals surface area contributed by atoms with E-state index < -0.39 is 17.8 Å². The van der Waals surface area contributed by atoms with E-state index in [0.29, 0.717) is 53.1 Å². The summed E-state index contributed by atoms with van der Waals surface area (Å²) in [5, 5.41) is 17.8. The second-order valence-electron chi connectivity index (χ2n) is 11.6. The molecule has 0 saturated carbocycles. The molecule has 1 atom stereocenters. The van der Waals surface area contributed by atoms with E-state index in [4.69, 9.17) is 14.2 Å². The number of benzene rings is 3. The predicted molar refractivity (Wildman–Crippen MR) is 178 cm³/mol. The summed E-state index contributed by atoms with van der Waals surface area (Å²) in [4.78, 5) is 49.9. The van der Waals surface area contributed by atoms with Gasteiger partial charge >= 0.3 is 5.97 Å². The molecule has 11 nitrogen and oxygen atoms in total. The number of ether oxygens (including phenoxy) is 3. The summed E-state index contributed by atoms with van der Waals surface area (Å²) < 4.78 is 17.8. The SMILES string of the molecule is CCC(C)Oc1cc(C(=O)O)ccc1NC(=O)c1ccc(NC(=O)c2ccc(NC(C)=O)c(OC(C)C)c2)c(OCCC(C)C)c1. The lowest BCUT2D eigenvalue weighted by Crippen LogP contribution is -2.17. The fraction of sp³-hybridized carbons (Fsp3) is 0.371. The van der Waals surface area contributed by atoms with Crippen molar-refractivity contribution in [1.29, 1.82) is 0 Å². The van der Waals surface area contributed by atoms with Crippen LogP contribution in [0, 0.1) is 5.92 Å². The van der Waals surface area contributed by atoms with E-state index in [1.807, 2.05) is 27.7 Å². The number of carbonyl (C=O) groups is 4. The van der Waals surface area contributed by atoms with Crippen LogP contribution in [-0.4, -0.2) is 47.6 Å². The topological polar surface area (TPSA) is 152 Å². The number of hydrogen-bond donors (Lipinski definition) is 4. The molecule has 3 amide bonds. The minimum atomic E-state index is -1.11. The van der Waals surface area contributed by atoms with Crippen molar-refractivity contribution in [2.45, 2.75) is 73.5 Å². The summed E-state index contributed by atoms with van der Waals surface area (Å²) in [6, 6.07) is 13.7. The second kappa shape index (κ2) is 16.3. The normalized spacial score (nSPS) is 11.5. The highest BCUT2D eigenvalue weighted by Gasteiger charge is 2.19. The van der Waals surface area contributed by atoms with Crippen molar-refractivity contribution < 1.29 is 38.5 Å². The zero-order valence-corrected chi connectivity index (χ0v) is 27.4. The lowest BCUT2D eigenvalue weighted by atomic mass is 10.1. The van der Waals surface area contributed by atoms with Crippen molar-refractivity contribution in [3.8, 4) is 17.2 Å². The molecule has 4 N–H and O–H groups in total. The van der Waals surface area contributed by atoms with E-state index in [1.165, 1.54) is 25.1 Å². The van der Waals surface area contributed by atoms with E-state index in [1.54, 1.807) is 36.4 Å². The molecule has 0 aliphatic carbocycles. The van der Waals surface area contributed by atoms with Crippen molar-refractivity contribution in [3.63, 3.8) is 0 Å². The minimum absolute atomic E-state index is 0.0323. The fourth-order valence-corrected chi connectivity index (χ4v) is 4.14. The Morgan fingerprint density at radius 1 is 0.696 bits per heavy atom. The molecule has 0 aromatic heterocycles. The molecule has 246 valence electrons. The van der Waals surface area contributed by atoms with Gasteiger partial charge in [-0.1, -0.05) is 20.8 Å². The second-order valence-corrected chi connectivity index (χ2v) is 11.6. The number of aromatic carboxylic acids is 1. The zero-order chi connectivity index (χ0) is 34.0. The van der Waals surface area contributed by atoms with Crippen molar-refractivity contribution >= 4 is 40.8 Å². The molecule has 3 aromatic carbocycles. The van der Waals surface area contributed by atoms with Crippen LogP contribution in [0.3, 0.4) is 0 Å². The number of anilines is 3. The Labute approximate surface area is 269 Å². The zero-order valence-electron chi connectivity index (χ0n) is 27.4. The summed E-state index contributed by atoms with van der Waals surface area (Å²) in [5.74, 6) is -1.05. The highest BCUT2D eigenvalue weighted by Crippen LogP contribution is 2.32. The summed E-state index contributed by atoms with van der Waals surface area (Å²) in [6.45, 7) is 13.3. The molecule has 11 heteroatoms. The largest absolute Gasteiger partial charge is 0.491 e. The van der Waals surface area contributed by atoms with Gasteiger partial charge < -0.3 is 35.3 Å². The van der Waals surface area contributed by atoms with Crippen LogP contribution in [0.25, 0.3) is 0 Å². The number of amides is 3. The highest BCUT2D eigenvalue weighted by atomic mass is 16.5. The summed E-state index contributed by atoms with van der Waals surface area (Å²) >= 11 is 0. The van der Waals surface area contributed by atoms with Crippen LogP contribution < -0.4 is 30.2 Å². The number of carboxylic acids is 1. The smallest absolute Gasteiger partial charge is 0.335 e. The van der Waals surface area contributed by atoms with Crippen LogP contribution in [0.1, 0.15) is 92.4 Å². The maximum atomic E-state index is 13.4. The van der Waals surface area contributed by atoms with Gasteiger partial charge in [0, 0.05) is 18.1 Å². The first-order chi connectivity index (χ1) is 21.8. The van der Waals surface area contributed by atoms with Crippen LogP contribution in [0.5, 0.6) is 17.2 Å². The number of rotatable bonds is 15. The Morgan fingerprint density at radius 2 is 1.17 bits per heavy atom. The van der Waals surface area contributed by atoms with Gasteiger partial charge in [0.15, 0.2) is 0 Å². The number of nitrogens with one attached hydrogen (secondary N) is 3. The van der Waals surface area contributed by atoms with Gasteiger partial charge in [0.05, 0.1) is 41.4 Å². The predicted octanol–water partition coefficient (Wildman–Crippen LogP) is 7.24. The lowest BCUT2D eigenvalue weighted by molar-refractivity contribution is -0.114. The average Bonchev–Trinajstić information content (AvgIpc) is 2.98. The third kappa shape index (κ3) is 10.3. The first kappa shape index (κ1) is 35.4. The lowest BCUT2D eigenvalue weighted by Gasteiger charge is -2.18. The Kier molecular flexibility index (Phi) is 12.6. The standard InChI is InChI=1S/C35H43N3O8/c1-8-22(6)46-32-19-26(35(42)43)11-14-29(32)38-33(40)24-9-12-27(30(17-24)44-16-15-20(2)3)37-34(41)25-10-13-28(36-23(7)39)31(18-25)45-21(4)5/h9-14,17-22H,8,15-16H2,1-7H3,(H,36,39)(H,37,41)(H,38,40)(H,42,43). The molecule has 0 fully saturated rings. The van der Waals surface area contributed by atoms with Crippen LogP contribution in [0.15, 0.2) is 54.6 Å². The molecule has 1 unspecified atom stereocenters. The Bertz CT molecular complexity index is 1570. The molecule has 0 aliphatic heterocycles. The van der Waals surface area contributed by atoms with Gasteiger partial charge in [-0.2, -0.15) is 0 Å². The maximum absolute atomic E-state index is 13.4. The molecule has 3 aromatic rings. The third-order valence-corrected chi connectivity index (χ3v) is 6.74. The first-order valence-electron chi connectivity index (χ1n) is 15.3. The van der Waals surface area contributed by atoms with Gasteiger partial charge in [-0.3, -0.25) is 14.4 Å². The van der Waals surface area contributed by atoms with Crippen molar-refractivity contribution in [1.82, 2.24) is 0 Å². The van der Waals surface area contributed by atoms with E-state index >= 15 is 0 Å². The average molecular weight is 634 g/mol. The molecule has 0 heterocycles. The van der Waals surface area contributed by atoms with Gasteiger partial charge in [0.1, 0.15) is 17.2 Å². The van der Waals surface area contributed by atoms with E-state index in [-0.39, 0.29) is 35.0 Å².